The number of carbonyl (C=O) groups is 3. The van der Waals surface area contributed by atoms with E-state index in [1.807, 2.05) is 17.4 Å². The number of rotatable bonds is 10. The lowest BCUT2D eigenvalue weighted by Crippen LogP contribution is -2.28. The summed E-state index contributed by atoms with van der Waals surface area (Å²) in [5.74, 6) is -0.946. The zero-order valence-corrected chi connectivity index (χ0v) is 19.0. The topological polar surface area (TPSA) is 167 Å². The molecule has 4 N–H and O–H groups in total. The van der Waals surface area contributed by atoms with Crippen molar-refractivity contribution < 1.29 is 27.9 Å². The molecule has 172 valence electrons. The Hall–Kier alpha value is -3.32. The van der Waals surface area contributed by atoms with Crippen LogP contribution in [0.4, 0.5) is 15.6 Å². The number of nitrogens with zero attached hydrogens (tertiary/aromatic N) is 2. The van der Waals surface area contributed by atoms with Crippen LogP contribution < -0.4 is 16.0 Å². The van der Waals surface area contributed by atoms with Crippen LogP contribution in [0.15, 0.2) is 29.3 Å². The van der Waals surface area contributed by atoms with Gasteiger partial charge in [0, 0.05) is 19.7 Å². The molecule has 1 aromatic carbocycles. The number of carbonyl (C=O) groups excluding carboxylic acids is 2. The minimum Gasteiger partial charge on any atom is -0.465 e. The maximum absolute atomic E-state index is 12.5. The Kier molecular flexibility index (Phi) is 8.84. The van der Waals surface area contributed by atoms with E-state index >= 15 is 0 Å². The average Bonchev–Trinajstić information content (AvgIpc) is 3.08. The molecule has 0 saturated carbocycles. The number of benzene rings is 1. The summed E-state index contributed by atoms with van der Waals surface area (Å²) in [6.07, 6.45) is 1.91. The summed E-state index contributed by atoms with van der Waals surface area (Å²) in [6.45, 7) is 1.31. The summed E-state index contributed by atoms with van der Waals surface area (Å²) in [5, 5.41) is 16.0. The highest BCUT2D eigenvalue weighted by atomic mass is 32.2. The van der Waals surface area contributed by atoms with E-state index in [9.17, 15) is 22.8 Å². The quantitative estimate of drug-likeness (QED) is 0.295. The van der Waals surface area contributed by atoms with Crippen molar-refractivity contribution in [3.05, 3.63) is 40.4 Å². The van der Waals surface area contributed by atoms with E-state index in [0.29, 0.717) is 29.1 Å². The number of hydrogen-bond acceptors (Lipinski definition) is 8. The second-order valence-electron chi connectivity index (χ2n) is 6.74. The maximum Gasteiger partial charge on any atom is 0.409 e. The van der Waals surface area contributed by atoms with E-state index in [-0.39, 0.29) is 23.3 Å². The molecule has 13 heteroatoms. The second kappa shape index (κ2) is 11.3. The van der Waals surface area contributed by atoms with Crippen LogP contribution in [0.3, 0.4) is 0 Å². The van der Waals surface area contributed by atoms with Crippen molar-refractivity contribution in [3.8, 4) is 0 Å². The summed E-state index contributed by atoms with van der Waals surface area (Å²) in [7, 11) is -3.21. The van der Waals surface area contributed by atoms with Crippen LogP contribution in [0.2, 0.25) is 0 Å². The molecule has 0 radical (unpaired) electrons. The third-order valence-corrected chi connectivity index (χ3v) is 5.89. The average molecular weight is 482 g/mol. The van der Waals surface area contributed by atoms with Crippen molar-refractivity contribution in [3.63, 3.8) is 0 Å². The van der Waals surface area contributed by atoms with Gasteiger partial charge >= 0.3 is 6.09 Å². The van der Waals surface area contributed by atoms with Crippen molar-refractivity contribution in [2.75, 3.05) is 23.9 Å². The first-order chi connectivity index (χ1) is 15.0. The van der Waals surface area contributed by atoms with Crippen LogP contribution in [0.25, 0.3) is 0 Å². The first-order valence-corrected chi connectivity index (χ1v) is 12.3. The van der Waals surface area contributed by atoms with Crippen LogP contribution in [0, 0.1) is 0 Å². The number of anilines is 1. The molecule has 0 spiro atoms. The predicted molar refractivity (Wildman–Crippen MR) is 122 cm³/mol. The van der Waals surface area contributed by atoms with Gasteiger partial charge in [-0.15, -0.1) is 0 Å². The summed E-state index contributed by atoms with van der Waals surface area (Å²) < 4.78 is 22.5. The second-order valence-corrected chi connectivity index (χ2v) is 9.99. The van der Waals surface area contributed by atoms with Gasteiger partial charge in [0.15, 0.2) is 5.13 Å². The van der Waals surface area contributed by atoms with Gasteiger partial charge in [0.1, 0.15) is 14.7 Å². The molecule has 32 heavy (non-hydrogen) atoms. The number of aliphatic imine (C=N–C) groups is 1. The highest BCUT2D eigenvalue weighted by Crippen LogP contribution is 2.25. The molecule has 0 saturated heterocycles. The molecule has 1 heterocycles. The zero-order chi connectivity index (χ0) is 23.7. The van der Waals surface area contributed by atoms with Gasteiger partial charge in [-0.3, -0.25) is 14.9 Å². The van der Waals surface area contributed by atoms with Gasteiger partial charge in [-0.05, 0) is 30.5 Å². The molecule has 2 aromatic rings. The van der Waals surface area contributed by atoms with Crippen LogP contribution in [0.5, 0.6) is 0 Å². The summed E-state index contributed by atoms with van der Waals surface area (Å²) in [4.78, 5) is 42.9. The van der Waals surface area contributed by atoms with Crippen molar-refractivity contribution in [2.45, 2.75) is 19.8 Å². The minimum absolute atomic E-state index is 0.0246. The Bertz CT molecular complexity index is 1110. The molecule has 2 rings (SSSR count). The van der Waals surface area contributed by atoms with Gasteiger partial charge in [0.25, 0.3) is 5.91 Å². The molecular formula is C19H23N5O6S2. The van der Waals surface area contributed by atoms with Gasteiger partial charge < -0.3 is 15.7 Å². The Morgan fingerprint density at radius 3 is 2.47 bits per heavy atom. The van der Waals surface area contributed by atoms with Crippen molar-refractivity contribution >= 4 is 56.2 Å². The van der Waals surface area contributed by atoms with Crippen molar-refractivity contribution in [1.29, 1.82) is 0 Å². The van der Waals surface area contributed by atoms with E-state index in [1.54, 1.807) is 12.1 Å². The molecule has 0 unspecified atom stereocenters. The lowest BCUT2D eigenvalue weighted by Gasteiger charge is -2.05. The molecule has 0 atom stereocenters. The van der Waals surface area contributed by atoms with Crippen LogP contribution in [-0.2, 0) is 27.5 Å². The van der Waals surface area contributed by atoms with Crippen molar-refractivity contribution in [1.82, 2.24) is 15.6 Å². The third-order valence-electron chi connectivity index (χ3n) is 3.93. The molecule has 0 fully saturated rings. The maximum atomic E-state index is 12.5. The van der Waals surface area contributed by atoms with E-state index < -0.39 is 21.8 Å². The normalized spacial score (nSPS) is 11.3. The van der Waals surface area contributed by atoms with E-state index in [2.05, 4.69) is 20.6 Å². The van der Waals surface area contributed by atoms with Crippen molar-refractivity contribution in [2.24, 2.45) is 4.99 Å². The Morgan fingerprint density at radius 1 is 1.19 bits per heavy atom. The number of nitrogens with one attached hydrogen (secondary N) is 3. The molecule has 0 aliphatic carbocycles. The van der Waals surface area contributed by atoms with Crippen LogP contribution in [0.1, 0.15) is 27.9 Å². The van der Waals surface area contributed by atoms with Crippen LogP contribution >= 0.6 is 11.3 Å². The van der Waals surface area contributed by atoms with E-state index in [4.69, 9.17) is 5.11 Å². The molecule has 3 amide bonds. The number of hydrogen-bond donors (Lipinski definition) is 4. The fourth-order valence-electron chi connectivity index (χ4n) is 2.51. The molecule has 0 bridgehead atoms. The monoisotopic (exact) mass is 481 g/mol. The van der Waals surface area contributed by atoms with Gasteiger partial charge in [0.05, 0.1) is 23.5 Å². The summed E-state index contributed by atoms with van der Waals surface area (Å²) in [5.41, 5.74) is 1.99. The van der Waals surface area contributed by atoms with Gasteiger partial charge in [-0.25, -0.2) is 23.2 Å². The van der Waals surface area contributed by atoms with Crippen LogP contribution in [-0.4, -0.2) is 61.3 Å². The molecule has 0 aliphatic heterocycles. The molecule has 0 aliphatic rings. The third kappa shape index (κ3) is 8.81. The van der Waals surface area contributed by atoms with E-state index in [1.165, 1.54) is 6.92 Å². The Balaban J connectivity index is 2.07. The zero-order valence-electron chi connectivity index (χ0n) is 17.4. The first kappa shape index (κ1) is 24.9. The predicted octanol–water partition coefficient (Wildman–Crippen LogP) is 1.59. The van der Waals surface area contributed by atoms with Gasteiger partial charge in [0.2, 0.25) is 5.91 Å². The smallest absolute Gasteiger partial charge is 0.409 e. The standard InChI is InChI=1S/C19H23N5O6S2/c1-12(25)23-18-24-15(16(31-18)17(26)20-9-10-32(2,29)30)8-5-13-3-6-14(7-4-13)21-11-22-19(27)28/h3-4,6-7,11H,5,8-10H2,1-2H3,(H,20,26)(H,21,22)(H,27,28)(H,23,24,25). The van der Waals surface area contributed by atoms with E-state index in [0.717, 1.165) is 29.5 Å². The van der Waals surface area contributed by atoms with Gasteiger partial charge in [-0.1, -0.05) is 23.5 Å². The minimum atomic E-state index is -3.21. The number of aromatic nitrogens is 1. The van der Waals surface area contributed by atoms with Gasteiger partial charge in [-0.2, -0.15) is 0 Å². The number of carboxylic acid groups (broad SMARTS) is 1. The Labute approximate surface area is 188 Å². The SMILES string of the molecule is CC(=O)Nc1nc(CCc2ccc(N=CNC(=O)O)cc2)c(C(=O)NCCS(C)(=O)=O)s1. The number of thiazole rings is 1. The highest BCUT2D eigenvalue weighted by Gasteiger charge is 2.19. The summed E-state index contributed by atoms with van der Waals surface area (Å²) in [6, 6.07) is 7.08. The molecular weight excluding hydrogens is 458 g/mol. The summed E-state index contributed by atoms with van der Waals surface area (Å²) >= 11 is 1.02. The number of amides is 3. The number of sulfone groups is 1. The first-order valence-electron chi connectivity index (χ1n) is 9.37. The largest absolute Gasteiger partial charge is 0.465 e. The fourth-order valence-corrected chi connectivity index (χ4v) is 3.95. The fraction of sp³-hybridized carbons (Fsp3) is 0.316. The Morgan fingerprint density at radius 2 is 1.88 bits per heavy atom. The lowest BCUT2D eigenvalue weighted by molar-refractivity contribution is -0.114. The molecule has 11 nitrogen and oxygen atoms in total. The molecule has 1 aromatic heterocycles. The number of aryl methyl sites for hydroxylation is 2. The lowest BCUT2D eigenvalue weighted by atomic mass is 10.1. The highest BCUT2D eigenvalue weighted by molar-refractivity contribution is 7.90.